The molecule has 0 radical (unpaired) electrons. The van der Waals surface area contributed by atoms with Gasteiger partial charge in [0.15, 0.2) is 0 Å². The van der Waals surface area contributed by atoms with Crippen molar-refractivity contribution in [1.29, 1.82) is 0 Å². The molecule has 0 aliphatic rings. The van der Waals surface area contributed by atoms with Gasteiger partial charge in [-0.25, -0.2) is 0 Å². The molecule has 0 aromatic carbocycles. The van der Waals surface area contributed by atoms with E-state index in [9.17, 15) is 4.79 Å². The quantitative estimate of drug-likeness (QED) is 0.560. The Balaban J connectivity index is 3.39. The van der Waals surface area contributed by atoms with E-state index >= 15 is 0 Å². The fraction of sp³-hybridized carbons (Fsp3) is 0.800. The first kappa shape index (κ1) is 3.47. The zero-order chi connectivity index (χ0) is 7.49. The Morgan fingerprint density at radius 2 is 2.57 bits per heavy atom. The maximum atomic E-state index is 10.1. The van der Waals surface area contributed by atoms with Crippen LogP contribution in [0.1, 0.15) is 28.9 Å². The molecule has 0 aliphatic carbocycles. The first-order valence-corrected chi connectivity index (χ1v) is 2.20. The molecule has 0 aliphatic heterocycles. The average Bonchev–Trinajstić information content (AvgIpc) is 1.59. The molecule has 0 aromatic rings. The maximum absolute atomic E-state index is 10.1. The summed E-state index contributed by atoms with van der Waals surface area (Å²) < 4.78 is 14.0. The van der Waals surface area contributed by atoms with E-state index in [0.717, 1.165) is 0 Å². The van der Waals surface area contributed by atoms with E-state index in [1.54, 1.807) is 0 Å². The largest absolute Gasteiger partial charge is 0.370 e. The smallest absolute Gasteiger partial charge is 0.217 e. The number of nitrogens with two attached hydrogens (primary N) is 1. The highest BCUT2D eigenvalue weighted by molar-refractivity contribution is 5.73. The van der Waals surface area contributed by atoms with E-state index in [4.69, 9.17) is 8.48 Å². The molecule has 0 fully saturated rings. The molecule has 0 aromatic heterocycles. The fourth-order valence-corrected chi connectivity index (χ4v) is 0.248. The van der Waals surface area contributed by atoms with Crippen LogP contribution in [-0.4, -0.2) is 5.91 Å². The molecule has 0 heterocycles. The maximum Gasteiger partial charge on any atom is 0.217 e. The van der Waals surface area contributed by atoms with Crippen molar-refractivity contribution in [3.05, 3.63) is 0 Å². The van der Waals surface area contributed by atoms with Gasteiger partial charge >= 0.3 is 0 Å². The van der Waals surface area contributed by atoms with Crippen molar-refractivity contribution in [2.75, 3.05) is 0 Å². The Bertz CT molecular complexity index is 108. The van der Waals surface area contributed by atoms with Crippen LogP contribution in [-0.2, 0) is 4.79 Å². The third-order valence-corrected chi connectivity index (χ3v) is 0.621. The van der Waals surface area contributed by atoms with Crippen molar-refractivity contribution in [2.24, 2.45) is 5.73 Å². The first-order chi connectivity index (χ1) is 3.92. The summed E-state index contributed by atoms with van der Waals surface area (Å²) in [5.41, 5.74) is 4.79. The first-order valence-electron chi connectivity index (χ1n) is 3.20. The molecular formula is C5H11NO. The summed E-state index contributed by atoms with van der Waals surface area (Å²) >= 11 is 0. The molecule has 0 spiro atoms. The Kier molecular flexibility index (Phi) is 1.81. The van der Waals surface area contributed by atoms with Crippen molar-refractivity contribution < 1.29 is 7.54 Å². The number of amides is 1. The van der Waals surface area contributed by atoms with Crippen molar-refractivity contribution in [3.8, 4) is 0 Å². The second kappa shape index (κ2) is 3.65. The van der Waals surface area contributed by atoms with Crippen molar-refractivity contribution in [2.45, 2.75) is 26.1 Å². The summed E-state index contributed by atoms with van der Waals surface area (Å²) in [6, 6.07) is 0. The van der Waals surface area contributed by atoms with Gasteiger partial charge in [-0.2, -0.15) is 0 Å². The van der Waals surface area contributed by atoms with Crippen LogP contribution < -0.4 is 5.73 Å². The molecular weight excluding hydrogens is 90.1 g/mol. The zero-order valence-electron chi connectivity index (χ0n) is 6.40. The lowest BCUT2D eigenvalue weighted by Gasteiger charge is -1.86. The summed E-state index contributed by atoms with van der Waals surface area (Å²) in [7, 11) is 0. The van der Waals surface area contributed by atoms with E-state index in [1.165, 1.54) is 6.92 Å². The van der Waals surface area contributed by atoms with Gasteiger partial charge in [0, 0.05) is 9.16 Å². The summed E-state index contributed by atoms with van der Waals surface area (Å²) in [4.78, 5) is 10.1. The van der Waals surface area contributed by atoms with E-state index in [0.29, 0.717) is 0 Å². The fourth-order valence-electron chi connectivity index (χ4n) is 0.248. The second-order valence-corrected chi connectivity index (χ2v) is 1.32. The van der Waals surface area contributed by atoms with Gasteiger partial charge in [-0.05, 0) is 6.42 Å². The van der Waals surface area contributed by atoms with E-state index in [1.807, 2.05) is 0 Å². The molecule has 7 heavy (non-hydrogen) atoms. The van der Waals surface area contributed by atoms with E-state index < -0.39 is 12.3 Å². The lowest BCUT2D eigenvalue weighted by Crippen LogP contribution is -2.09. The van der Waals surface area contributed by atoms with Crippen LogP contribution in [0.3, 0.4) is 0 Å². The normalized spacial score (nSPS) is 15.0. The van der Waals surface area contributed by atoms with Gasteiger partial charge in [0.25, 0.3) is 0 Å². The minimum absolute atomic E-state index is 0.128. The number of rotatable bonds is 3. The average molecular weight is 103 g/mol. The minimum Gasteiger partial charge on any atom is -0.370 e. The molecule has 0 atom stereocenters. The van der Waals surface area contributed by atoms with Gasteiger partial charge in [0.1, 0.15) is 0 Å². The molecule has 0 unspecified atom stereocenters. The molecule has 2 nitrogen and oxygen atoms in total. The van der Waals surface area contributed by atoms with Crippen LogP contribution in [0.5, 0.6) is 0 Å². The zero-order valence-corrected chi connectivity index (χ0v) is 4.40. The van der Waals surface area contributed by atoms with Gasteiger partial charge in [-0.3, -0.25) is 4.79 Å². The SMILES string of the molecule is [2H]C([2H])(C)CCC(N)=O. The number of carbonyl (C=O) groups is 1. The Morgan fingerprint density at radius 3 is 2.71 bits per heavy atom. The molecule has 0 rings (SSSR count). The van der Waals surface area contributed by atoms with Crippen molar-refractivity contribution in [1.82, 2.24) is 0 Å². The van der Waals surface area contributed by atoms with Gasteiger partial charge in [-0.1, -0.05) is 13.3 Å². The van der Waals surface area contributed by atoms with Crippen molar-refractivity contribution >= 4 is 5.91 Å². The van der Waals surface area contributed by atoms with E-state index in [-0.39, 0.29) is 12.8 Å². The third kappa shape index (κ3) is 5.47. The summed E-state index contributed by atoms with van der Waals surface area (Å²) in [6.45, 7) is 1.43. The van der Waals surface area contributed by atoms with Crippen LogP contribution in [0.4, 0.5) is 0 Å². The predicted octanol–water partition coefficient (Wildman–Crippen LogP) is 0.662. The third-order valence-electron chi connectivity index (χ3n) is 0.621. The lowest BCUT2D eigenvalue weighted by atomic mass is 10.2. The standard InChI is InChI=1S/C5H11NO/c1-2-3-4-5(6)7/h2-4H2,1H3,(H2,6,7)/i2D2. The highest BCUT2D eigenvalue weighted by atomic mass is 16.1. The van der Waals surface area contributed by atoms with Crippen LogP contribution in [0.25, 0.3) is 0 Å². The Labute approximate surface area is 46.5 Å². The molecule has 0 bridgehead atoms. The number of carbonyl (C=O) groups excluding carboxylic acids is 1. The van der Waals surface area contributed by atoms with E-state index in [2.05, 4.69) is 0 Å². The number of hydrogen-bond acceptors (Lipinski definition) is 1. The lowest BCUT2D eigenvalue weighted by molar-refractivity contribution is -0.118. The van der Waals surface area contributed by atoms with Gasteiger partial charge < -0.3 is 5.73 Å². The number of hydrogen-bond donors (Lipinski definition) is 1. The summed E-state index contributed by atoms with van der Waals surface area (Å²) in [5.74, 6) is -0.444. The Morgan fingerprint density at radius 1 is 2.00 bits per heavy atom. The molecule has 2 heteroatoms. The topological polar surface area (TPSA) is 43.1 Å². The highest BCUT2D eigenvalue weighted by Gasteiger charge is 1.88. The van der Waals surface area contributed by atoms with Crippen LogP contribution in [0, 0.1) is 0 Å². The van der Waals surface area contributed by atoms with Gasteiger partial charge in [0.2, 0.25) is 5.91 Å². The van der Waals surface area contributed by atoms with Crippen LogP contribution >= 0.6 is 0 Å². The van der Waals surface area contributed by atoms with Crippen molar-refractivity contribution in [3.63, 3.8) is 0 Å². The minimum atomic E-state index is -1.27. The molecule has 1 amide bonds. The molecule has 42 valence electrons. The number of primary amides is 1. The molecule has 2 N–H and O–H groups in total. The predicted molar refractivity (Wildman–Crippen MR) is 28.7 cm³/mol. The van der Waals surface area contributed by atoms with Gasteiger partial charge in [0.05, 0.1) is 0 Å². The summed E-state index contributed by atoms with van der Waals surface area (Å²) in [6.07, 6.45) is -0.930. The molecule has 0 saturated heterocycles. The Hall–Kier alpha value is -0.530. The van der Waals surface area contributed by atoms with Crippen LogP contribution in [0.2, 0.25) is 0 Å². The molecule has 0 saturated carbocycles. The second-order valence-electron chi connectivity index (χ2n) is 1.32. The van der Waals surface area contributed by atoms with Crippen LogP contribution in [0.15, 0.2) is 0 Å². The monoisotopic (exact) mass is 103 g/mol. The highest BCUT2D eigenvalue weighted by Crippen LogP contribution is 1.89. The van der Waals surface area contributed by atoms with Gasteiger partial charge in [-0.15, -0.1) is 0 Å². The summed E-state index contributed by atoms with van der Waals surface area (Å²) in [5, 5.41) is 0.